The molecular weight excluding hydrogens is 176 g/mol. The van der Waals surface area contributed by atoms with E-state index in [1.54, 1.807) is 6.92 Å². The predicted molar refractivity (Wildman–Crippen MR) is 36.4 cm³/mol. The third-order valence-electron chi connectivity index (χ3n) is 1.56. The summed E-state index contributed by atoms with van der Waals surface area (Å²) in [4.78, 5) is 20.5. The third kappa shape index (κ3) is 6.53. The second-order valence-electron chi connectivity index (χ2n) is 2.57. The summed E-state index contributed by atoms with van der Waals surface area (Å²) in [5.74, 6) is -5.07. The van der Waals surface area contributed by atoms with Crippen molar-refractivity contribution < 1.29 is 57.5 Å². The Kier molecular flexibility index (Phi) is 13.5. The number of carbonyl (C=O) groups is 2. The van der Waals surface area contributed by atoms with Gasteiger partial charge in [0.05, 0.1) is 17.9 Å². The molecule has 0 spiro atoms. The number of hydrogen-bond acceptors (Lipinski definition) is 5. The summed E-state index contributed by atoms with van der Waals surface area (Å²) in [7, 11) is 0. The molecule has 1 unspecified atom stereocenters. The van der Waals surface area contributed by atoms with E-state index in [9.17, 15) is 19.8 Å². The maximum atomic E-state index is 10.2. The van der Waals surface area contributed by atoms with Gasteiger partial charge in [0.15, 0.2) is 0 Å². The Bertz CT molecular complexity index is 175. The van der Waals surface area contributed by atoms with Crippen LogP contribution < -0.4 is 53.7 Å². The van der Waals surface area contributed by atoms with Gasteiger partial charge in [-0.05, 0) is 6.42 Å². The van der Waals surface area contributed by atoms with Crippen LogP contribution in [0.15, 0.2) is 0 Å². The van der Waals surface area contributed by atoms with Crippen LogP contribution in [0.1, 0.15) is 19.8 Å². The van der Waals surface area contributed by atoms with E-state index in [1.807, 2.05) is 0 Å². The molecule has 0 amide bonds. The molecule has 0 aromatic heterocycles. The van der Waals surface area contributed by atoms with Crippen LogP contribution in [0.3, 0.4) is 0 Å². The van der Waals surface area contributed by atoms with E-state index < -0.39 is 23.9 Å². The Hall–Kier alpha value is 0.0948. The molecule has 7 heteroatoms. The molecule has 5 nitrogen and oxygen atoms in total. The first-order valence-corrected chi connectivity index (χ1v) is 3.68. The molecule has 2 N–H and O–H groups in total. The summed E-state index contributed by atoms with van der Waals surface area (Å²) in [5.41, 5.74) is 5.29. The molecular formula is C7H11Li2NO4. The molecule has 0 aromatic carbocycles. The Morgan fingerprint density at radius 3 is 1.79 bits per heavy atom. The van der Waals surface area contributed by atoms with Gasteiger partial charge in [-0.25, -0.2) is 0 Å². The van der Waals surface area contributed by atoms with Crippen molar-refractivity contribution in [2.45, 2.75) is 25.8 Å². The van der Waals surface area contributed by atoms with Crippen molar-refractivity contribution in [2.75, 3.05) is 0 Å². The zero-order valence-electron chi connectivity index (χ0n) is 8.78. The van der Waals surface area contributed by atoms with Crippen LogP contribution in [-0.2, 0) is 9.59 Å². The van der Waals surface area contributed by atoms with Gasteiger partial charge in [0.1, 0.15) is 0 Å². The molecule has 0 fully saturated rings. The van der Waals surface area contributed by atoms with Crippen LogP contribution in [0.5, 0.6) is 0 Å². The van der Waals surface area contributed by atoms with Gasteiger partial charge in [0.2, 0.25) is 0 Å². The fourth-order valence-corrected chi connectivity index (χ4v) is 0.946. The minimum atomic E-state index is -1.70. The first-order valence-electron chi connectivity index (χ1n) is 3.68. The summed E-state index contributed by atoms with van der Waals surface area (Å²) in [6.45, 7) is 1.78. The van der Waals surface area contributed by atoms with Crippen molar-refractivity contribution in [3.8, 4) is 0 Å². The molecule has 0 aliphatic heterocycles. The number of nitrogens with two attached hydrogens (primary N) is 1. The molecule has 0 radical (unpaired) electrons. The molecule has 0 aromatic rings. The van der Waals surface area contributed by atoms with Crippen molar-refractivity contribution in [1.82, 2.24) is 0 Å². The van der Waals surface area contributed by atoms with Crippen molar-refractivity contribution in [2.24, 2.45) is 11.7 Å². The minimum absolute atomic E-state index is 0. The van der Waals surface area contributed by atoms with Crippen molar-refractivity contribution in [1.29, 1.82) is 0 Å². The van der Waals surface area contributed by atoms with Gasteiger partial charge in [-0.1, -0.05) is 13.3 Å². The molecule has 0 saturated carbocycles. The molecule has 0 saturated heterocycles. The van der Waals surface area contributed by atoms with Crippen LogP contribution in [-0.4, -0.2) is 18.0 Å². The summed E-state index contributed by atoms with van der Waals surface area (Å²) < 4.78 is 0. The number of carbonyl (C=O) groups excluding carboxylic acids is 2. The first kappa shape index (κ1) is 19.6. The summed E-state index contributed by atoms with van der Waals surface area (Å²) in [5, 5.41) is 20.5. The van der Waals surface area contributed by atoms with Crippen LogP contribution >= 0.6 is 0 Å². The number of hydrogen-bond donors (Lipinski definition) is 1. The van der Waals surface area contributed by atoms with E-state index in [0.717, 1.165) is 0 Å². The molecule has 1 atom stereocenters. The van der Waals surface area contributed by atoms with Crippen LogP contribution in [0.4, 0.5) is 0 Å². The molecule has 0 aliphatic carbocycles. The summed E-state index contributed by atoms with van der Waals surface area (Å²) >= 11 is 0. The van der Waals surface area contributed by atoms with Gasteiger partial charge in [0.25, 0.3) is 0 Å². The zero-order valence-corrected chi connectivity index (χ0v) is 8.78. The number of aliphatic carboxylic acids is 2. The minimum Gasteiger partial charge on any atom is -0.549 e. The van der Waals surface area contributed by atoms with E-state index in [1.165, 1.54) is 0 Å². The second-order valence-corrected chi connectivity index (χ2v) is 2.57. The summed E-state index contributed by atoms with van der Waals surface area (Å²) in [6.07, 6.45) is 0.949. The van der Waals surface area contributed by atoms with Crippen molar-refractivity contribution >= 4 is 11.9 Å². The van der Waals surface area contributed by atoms with Gasteiger partial charge in [-0.15, -0.1) is 0 Å². The second kappa shape index (κ2) is 9.64. The topological polar surface area (TPSA) is 106 Å². The average molecular weight is 187 g/mol. The largest absolute Gasteiger partial charge is 1.00 e. The van der Waals surface area contributed by atoms with Crippen LogP contribution in [0.2, 0.25) is 0 Å². The fraction of sp³-hybridized carbons (Fsp3) is 0.714. The van der Waals surface area contributed by atoms with Crippen molar-refractivity contribution in [3.05, 3.63) is 0 Å². The third-order valence-corrected chi connectivity index (χ3v) is 1.56. The van der Waals surface area contributed by atoms with E-state index >= 15 is 0 Å². The first-order chi connectivity index (χ1) is 5.50. The maximum Gasteiger partial charge on any atom is 1.00 e. The molecule has 70 valence electrons. The Labute approximate surface area is 107 Å². The average Bonchev–Trinajstić information content (AvgIpc) is 1.85. The normalized spacial score (nSPS) is 11.1. The van der Waals surface area contributed by atoms with Crippen LogP contribution in [0.25, 0.3) is 0 Å². The van der Waals surface area contributed by atoms with Gasteiger partial charge in [0, 0.05) is 6.04 Å². The van der Waals surface area contributed by atoms with E-state index in [-0.39, 0.29) is 37.7 Å². The Morgan fingerprint density at radius 1 is 1.21 bits per heavy atom. The molecule has 0 bridgehead atoms. The quantitative estimate of drug-likeness (QED) is 0.339. The Balaban J connectivity index is -0.000000605. The SMILES string of the molecule is CCCC(N)C(C(=O)[O-])C(=O)[O-].[Li+].[Li+]. The monoisotopic (exact) mass is 187 g/mol. The van der Waals surface area contributed by atoms with E-state index in [4.69, 9.17) is 5.73 Å². The number of carboxylic acid groups (broad SMARTS) is 2. The molecule has 14 heavy (non-hydrogen) atoms. The van der Waals surface area contributed by atoms with Crippen molar-refractivity contribution in [3.63, 3.8) is 0 Å². The van der Waals surface area contributed by atoms with Gasteiger partial charge in [-0.2, -0.15) is 0 Å². The van der Waals surface area contributed by atoms with Gasteiger partial charge < -0.3 is 25.5 Å². The van der Waals surface area contributed by atoms with E-state index in [0.29, 0.717) is 12.8 Å². The number of carboxylic acids is 2. The zero-order chi connectivity index (χ0) is 9.72. The summed E-state index contributed by atoms with van der Waals surface area (Å²) in [6, 6.07) is -0.926. The Morgan fingerprint density at radius 2 is 1.57 bits per heavy atom. The molecule has 0 aliphatic rings. The van der Waals surface area contributed by atoms with Gasteiger partial charge >= 0.3 is 37.7 Å². The smallest absolute Gasteiger partial charge is 0.549 e. The van der Waals surface area contributed by atoms with Gasteiger partial charge in [-0.3, -0.25) is 0 Å². The molecule has 0 rings (SSSR count). The van der Waals surface area contributed by atoms with E-state index in [2.05, 4.69) is 0 Å². The van der Waals surface area contributed by atoms with Crippen LogP contribution in [0, 0.1) is 5.92 Å². The fourth-order valence-electron chi connectivity index (χ4n) is 0.946. The molecule has 0 heterocycles. The number of rotatable bonds is 5. The predicted octanol–water partition coefficient (Wildman–Crippen LogP) is -8.76. The maximum absolute atomic E-state index is 10.2. The standard InChI is InChI=1S/C7H13NO4.2Li/c1-2-3-4(8)5(6(9)10)7(11)12;;/h4-5H,2-3,8H2,1H3,(H,9,10)(H,11,12);;/q;2*+1/p-2.